The van der Waals surface area contributed by atoms with Crippen molar-refractivity contribution in [1.82, 2.24) is 9.97 Å². The molecular formula is C15H17N3. The van der Waals surface area contributed by atoms with Gasteiger partial charge in [-0.25, -0.2) is 4.98 Å². The summed E-state index contributed by atoms with van der Waals surface area (Å²) in [6.07, 6.45) is 0. The van der Waals surface area contributed by atoms with E-state index in [1.807, 2.05) is 20.8 Å². The van der Waals surface area contributed by atoms with E-state index in [9.17, 15) is 0 Å². The van der Waals surface area contributed by atoms with Gasteiger partial charge >= 0.3 is 0 Å². The van der Waals surface area contributed by atoms with Crippen molar-refractivity contribution in [3.05, 3.63) is 41.3 Å². The molecule has 0 saturated heterocycles. The van der Waals surface area contributed by atoms with Gasteiger partial charge in [-0.15, -0.1) is 0 Å². The Balaban J connectivity index is 2.48. The molecule has 2 rings (SSSR count). The van der Waals surface area contributed by atoms with Gasteiger partial charge in [0.25, 0.3) is 0 Å². The zero-order valence-electron chi connectivity index (χ0n) is 11.2. The maximum atomic E-state index is 9.14. The zero-order valence-corrected chi connectivity index (χ0v) is 11.2. The van der Waals surface area contributed by atoms with Gasteiger partial charge in [-0.1, -0.05) is 29.8 Å². The Morgan fingerprint density at radius 3 is 2.33 bits per heavy atom. The van der Waals surface area contributed by atoms with Crippen LogP contribution in [0, 0.1) is 25.2 Å². The second kappa shape index (κ2) is 4.30. The van der Waals surface area contributed by atoms with Gasteiger partial charge in [0.05, 0.1) is 11.8 Å². The predicted octanol–water partition coefficient (Wildman–Crippen LogP) is 3.49. The minimum atomic E-state index is -0.590. The van der Waals surface area contributed by atoms with Crippen molar-refractivity contribution in [1.29, 1.82) is 5.26 Å². The maximum absolute atomic E-state index is 9.14. The molecule has 0 amide bonds. The summed E-state index contributed by atoms with van der Waals surface area (Å²) in [5.41, 5.74) is 3.64. The summed E-state index contributed by atoms with van der Waals surface area (Å²) in [5, 5.41) is 9.14. The second-order valence-electron chi connectivity index (χ2n) is 5.16. The van der Waals surface area contributed by atoms with E-state index in [0.29, 0.717) is 0 Å². The molecule has 2 aromatic rings. The van der Waals surface area contributed by atoms with Crippen molar-refractivity contribution in [2.24, 2.45) is 0 Å². The van der Waals surface area contributed by atoms with E-state index in [1.54, 1.807) is 0 Å². The third-order valence-corrected chi connectivity index (χ3v) is 3.08. The van der Waals surface area contributed by atoms with Gasteiger partial charge in [-0.2, -0.15) is 5.26 Å². The molecule has 0 radical (unpaired) electrons. The van der Waals surface area contributed by atoms with Crippen LogP contribution in [0.1, 0.15) is 30.9 Å². The molecule has 3 nitrogen and oxygen atoms in total. The SMILES string of the molecule is Cc1ccc(-c2nc(C(C)(C)C#N)[nH]c2C)cc1. The van der Waals surface area contributed by atoms with Crippen LogP contribution in [0.15, 0.2) is 24.3 Å². The number of aromatic amines is 1. The molecule has 0 spiro atoms. The molecule has 1 heterocycles. The third-order valence-electron chi connectivity index (χ3n) is 3.08. The minimum Gasteiger partial charge on any atom is -0.344 e. The van der Waals surface area contributed by atoms with Gasteiger partial charge < -0.3 is 4.98 Å². The number of imidazole rings is 1. The Labute approximate surface area is 107 Å². The highest BCUT2D eigenvalue weighted by Gasteiger charge is 2.25. The molecule has 0 aliphatic heterocycles. The van der Waals surface area contributed by atoms with E-state index in [2.05, 4.69) is 47.2 Å². The molecule has 0 aliphatic carbocycles. The monoisotopic (exact) mass is 239 g/mol. The lowest BCUT2D eigenvalue weighted by Gasteiger charge is -2.10. The lowest BCUT2D eigenvalue weighted by atomic mass is 9.95. The Hall–Kier alpha value is -2.08. The van der Waals surface area contributed by atoms with E-state index in [1.165, 1.54) is 5.56 Å². The zero-order chi connectivity index (χ0) is 13.3. The molecule has 0 bridgehead atoms. The standard InChI is InChI=1S/C15H17N3/c1-10-5-7-12(8-6-10)13-11(2)17-14(18-13)15(3,4)9-16/h5-8H,1-4H3,(H,17,18). The molecule has 0 atom stereocenters. The van der Waals surface area contributed by atoms with E-state index >= 15 is 0 Å². The Morgan fingerprint density at radius 1 is 1.17 bits per heavy atom. The van der Waals surface area contributed by atoms with E-state index in [0.717, 1.165) is 22.8 Å². The Kier molecular flexibility index (Phi) is 2.96. The number of rotatable bonds is 2. The van der Waals surface area contributed by atoms with Gasteiger partial charge in [-0.05, 0) is 27.7 Å². The van der Waals surface area contributed by atoms with Crippen molar-refractivity contribution in [3.8, 4) is 17.3 Å². The number of aromatic nitrogens is 2. The van der Waals surface area contributed by atoms with Gasteiger partial charge in [0.2, 0.25) is 0 Å². The fourth-order valence-electron chi connectivity index (χ4n) is 1.80. The molecule has 1 N–H and O–H groups in total. The number of benzene rings is 1. The van der Waals surface area contributed by atoms with Crippen LogP contribution >= 0.6 is 0 Å². The molecule has 1 aromatic heterocycles. The smallest absolute Gasteiger partial charge is 0.126 e. The number of hydrogen-bond acceptors (Lipinski definition) is 2. The summed E-state index contributed by atoms with van der Waals surface area (Å²) in [5.74, 6) is 0.720. The topological polar surface area (TPSA) is 52.5 Å². The Bertz CT molecular complexity index is 598. The Morgan fingerprint density at radius 2 is 1.78 bits per heavy atom. The lowest BCUT2D eigenvalue weighted by Crippen LogP contribution is -2.15. The number of nitrogens with zero attached hydrogens (tertiary/aromatic N) is 2. The summed E-state index contributed by atoms with van der Waals surface area (Å²) >= 11 is 0. The molecule has 0 unspecified atom stereocenters. The first-order valence-corrected chi connectivity index (χ1v) is 5.99. The fraction of sp³-hybridized carbons (Fsp3) is 0.333. The van der Waals surface area contributed by atoms with Crippen LogP contribution in [0.2, 0.25) is 0 Å². The summed E-state index contributed by atoms with van der Waals surface area (Å²) in [6.45, 7) is 7.78. The van der Waals surface area contributed by atoms with Gasteiger partial charge in [0, 0.05) is 11.3 Å². The molecule has 3 heteroatoms. The molecule has 0 saturated carbocycles. The van der Waals surface area contributed by atoms with E-state index in [-0.39, 0.29) is 0 Å². The molecule has 0 fully saturated rings. The maximum Gasteiger partial charge on any atom is 0.126 e. The quantitative estimate of drug-likeness (QED) is 0.872. The van der Waals surface area contributed by atoms with Crippen LogP contribution in [-0.2, 0) is 5.41 Å². The molecule has 1 aromatic carbocycles. The highest BCUT2D eigenvalue weighted by molar-refractivity contribution is 5.62. The summed E-state index contributed by atoms with van der Waals surface area (Å²) in [6, 6.07) is 10.5. The van der Waals surface area contributed by atoms with Gasteiger partial charge in [-0.3, -0.25) is 0 Å². The first-order valence-electron chi connectivity index (χ1n) is 5.99. The van der Waals surface area contributed by atoms with Gasteiger partial charge in [0.15, 0.2) is 0 Å². The molecule has 0 aliphatic rings. The van der Waals surface area contributed by atoms with Gasteiger partial charge in [0.1, 0.15) is 11.2 Å². The van der Waals surface area contributed by atoms with Crippen LogP contribution in [0.25, 0.3) is 11.3 Å². The summed E-state index contributed by atoms with van der Waals surface area (Å²) < 4.78 is 0. The second-order valence-corrected chi connectivity index (χ2v) is 5.16. The van der Waals surface area contributed by atoms with Crippen LogP contribution < -0.4 is 0 Å². The largest absolute Gasteiger partial charge is 0.344 e. The summed E-state index contributed by atoms with van der Waals surface area (Å²) in [4.78, 5) is 7.79. The molecular weight excluding hydrogens is 222 g/mol. The van der Waals surface area contributed by atoms with Crippen molar-refractivity contribution >= 4 is 0 Å². The third kappa shape index (κ3) is 2.14. The molecule has 92 valence electrons. The highest BCUT2D eigenvalue weighted by atomic mass is 15.0. The van der Waals surface area contributed by atoms with Crippen LogP contribution in [0.5, 0.6) is 0 Å². The van der Waals surface area contributed by atoms with Crippen LogP contribution in [0.3, 0.4) is 0 Å². The van der Waals surface area contributed by atoms with E-state index < -0.39 is 5.41 Å². The number of hydrogen-bond donors (Lipinski definition) is 1. The van der Waals surface area contributed by atoms with Crippen molar-refractivity contribution in [2.45, 2.75) is 33.1 Å². The number of H-pyrrole nitrogens is 1. The minimum absolute atomic E-state index is 0.590. The number of nitriles is 1. The van der Waals surface area contributed by atoms with Crippen LogP contribution in [-0.4, -0.2) is 9.97 Å². The first kappa shape index (κ1) is 12.4. The first-order chi connectivity index (χ1) is 8.44. The lowest BCUT2D eigenvalue weighted by molar-refractivity contribution is 0.638. The number of nitrogens with one attached hydrogen (secondary N) is 1. The van der Waals surface area contributed by atoms with Crippen LogP contribution in [0.4, 0.5) is 0 Å². The highest BCUT2D eigenvalue weighted by Crippen LogP contribution is 2.26. The average molecular weight is 239 g/mol. The fourth-order valence-corrected chi connectivity index (χ4v) is 1.80. The average Bonchev–Trinajstić information content (AvgIpc) is 2.73. The number of aryl methyl sites for hydroxylation is 2. The normalized spacial score (nSPS) is 11.3. The molecule has 18 heavy (non-hydrogen) atoms. The van der Waals surface area contributed by atoms with Crippen molar-refractivity contribution in [3.63, 3.8) is 0 Å². The van der Waals surface area contributed by atoms with E-state index in [4.69, 9.17) is 5.26 Å². The summed E-state index contributed by atoms with van der Waals surface area (Å²) in [7, 11) is 0. The predicted molar refractivity (Wildman–Crippen MR) is 72.1 cm³/mol. The van der Waals surface area contributed by atoms with Crippen molar-refractivity contribution in [2.75, 3.05) is 0 Å². The van der Waals surface area contributed by atoms with Crippen molar-refractivity contribution < 1.29 is 0 Å².